The Labute approximate surface area is 166 Å². The lowest BCUT2D eigenvalue weighted by Gasteiger charge is -2.55. The minimum Gasteiger partial charge on any atom is -0.294 e. The van der Waals surface area contributed by atoms with E-state index in [9.17, 15) is 14.4 Å². The van der Waals surface area contributed by atoms with Crippen molar-refractivity contribution >= 4 is 17.6 Å². The molecule has 2 amide bonds. The second kappa shape index (κ2) is 7.69. The van der Waals surface area contributed by atoms with E-state index < -0.39 is 0 Å². The molecule has 0 spiro atoms. The van der Waals surface area contributed by atoms with Crippen LogP contribution in [-0.2, 0) is 16.0 Å². The van der Waals surface area contributed by atoms with E-state index in [1.54, 1.807) is 0 Å². The number of hydrogen-bond donors (Lipinski definition) is 2. The first-order valence-corrected chi connectivity index (χ1v) is 10.7. The quantitative estimate of drug-likeness (QED) is 0.583. The highest BCUT2D eigenvalue weighted by atomic mass is 16.2. The number of nitrogens with one attached hydrogen (secondary N) is 2. The fourth-order valence-electron chi connectivity index (χ4n) is 6.01. The summed E-state index contributed by atoms with van der Waals surface area (Å²) in [5.41, 5.74) is 6.74. The van der Waals surface area contributed by atoms with Crippen LogP contribution in [0.5, 0.6) is 0 Å². The topological polar surface area (TPSA) is 75.3 Å². The summed E-state index contributed by atoms with van der Waals surface area (Å²) in [5, 5.41) is 0. The maximum atomic E-state index is 12.8. The lowest BCUT2D eigenvalue weighted by molar-refractivity contribution is -0.148. The van der Waals surface area contributed by atoms with E-state index in [0.29, 0.717) is 23.3 Å². The molecule has 1 aromatic carbocycles. The van der Waals surface area contributed by atoms with E-state index in [2.05, 4.69) is 17.8 Å². The lowest BCUT2D eigenvalue weighted by atomic mass is 9.49. The number of hydrogen-bond acceptors (Lipinski definition) is 3. The van der Waals surface area contributed by atoms with Crippen molar-refractivity contribution < 1.29 is 14.4 Å². The van der Waals surface area contributed by atoms with E-state index in [-0.39, 0.29) is 35.9 Å². The molecule has 1 aromatic rings. The normalized spacial score (nSPS) is 30.1. The Bertz CT molecular complexity index is 733. The second-order valence-electron chi connectivity index (χ2n) is 9.17. The number of carbonyl (C=O) groups excluding carboxylic acids is 3. The number of rotatable bonds is 6. The molecule has 0 atom stereocenters. The van der Waals surface area contributed by atoms with Gasteiger partial charge in [-0.3, -0.25) is 25.2 Å². The summed E-state index contributed by atoms with van der Waals surface area (Å²) in [6, 6.07) is 7.51. The maximum Gasteiger partial charge on any atom is 0.244 e. The molecule has 5 nitrogen and oxygen atoms in total. The molecule has 0 unspecified atom stereocenters. The van der Waals surface area contributed by atoms with Gasteiger partial charge in [0.2, 0.25) is 11.8 Å². The number of hydrazine groups is 1. The van der Waals surface area contributed by atoms with Crippen LogP contribution >= 0.6 is 0 Å². The van der Waals surface area contributed by atoms with Gasteiger partial charge in [0.25, 0.3) is 0 Å². The zero-order valence-corrected chi connectivity index (χ0v) is 16.6. The van der Waals surface area contributed by atoms with E-state index >= 15 is 0 Å². The van der Waals surface area contributed by atoms with Gasteiger partial charge in [-0.1, -0.05) is 31.2 Å². The zero-order chi connectivity index (χ0) is 19.7. The van der Waals surface area contributed by atoms with Crippen LogP contribution < -0.4 is 10.9 Å². The van der Waals surface area contributed by atoms with Crippen LogP contribution in [-0.4, -0.2) is 17.6 Å². The molecule has 0 radical (unpaired) electrons. The highest BCUT2D eigenvalue weighted by Gasteiger charge is 2.54. The Morgan fingerprint density at radius 3 is 2.00 bits per heavy atom. The molecule has 5 heteroatoms. The molecule has 4 fully saturated rings. The largest absolute Gasteiger partial charge is 0.294 e. The monoisotopic (exact) mass is 382 g/mol. The number of carbonyl (C=O) groups is 3. The van der Waals surface area contributed by atoms with Crippen LogP contribution in [0.4, 0.5) is 0 Å². The van der Waals surface area contributed by atoms with Crippen LogP contribution in [0.2, 0.25) is 0 Å². The van der Waals surface area contributed by atoms with Crippen molar-refractivity contribution in [3.05, 3.63) is 35.4 Å². The summed E-state index contributed by atoms with van der Waals surface area (Å²) in [4.78, 5) is 37.2. The second-order valence-corrected chi connectivity index (χ2v) is 9.17. The zero-order valence-electron chi connectivity index (χ0n) is 16.6. The fourth-order valence-corrected chi connectivity index (χ4v) is 6.01. The number of benzene rings is 1. The first-order valence-electron chi connectivity index (χ1n) is 10.7. The molecular formula is C23H30N2O3. The van der Waals surface area contributed by atoms with Crippen molar-refractivity contribution in [3.8, 4) is 0 Å². The Morgan fingerprint density at radius 2 is 1.46 bits per heavy atom. The Morgan fingerprint density at radius 1 is 0.893 bits per heavy atom. The predicted molar refractivity (Wildman–Crippen MR) is 106 cm³/mol. The average molecular weight is 383 g/mol. The van der Waals surface area contributed by atoms with Crippen molar-refractivity contribution in [1.82, 2.24) is 10.9 Å². The molecule has 0 aliphatic heterocycles. The van der Waals surface area contributed by atoms with Gasteiger partial charge in [0.15, 0.2) is 5.78 Å². The van der Waals surface area contributed by atoms with Crippen LogP contribution in [0.1, 0.15) is 74.2 Å². The summed E-state index contributed by atoms with van der Waals surface area (Å²) in [5.74, 6) is 1.67. The van der Waals surface area contributed by atoms with Gasteiger partial charge in [-0.2, -0.15) is 0 Å². The molecular weight excluding hydrogens is 352 g/mol. The van der Waals surface area contributed by atoms with E-state index in [1.807, 2.05) is 24.3 Å². The molecule has 4 bridgehead atoms. The van der Waals surface area contributed by atoms with Crippen molar-refractivity contribution in [3.63, 3.8) is 0 Å². The van der Waals surface area contributed by atoms with Crippen molar-refractivity contribution in [2.75, 3.05) is 0 Å². The molecule has 4 saturated carbocycles. The summed E-state index contributed by atoms with van der Waals surface area (Å²) in [6.45, 7) is 2.07. The van der Waals surface area contributed by atoms with E-state index in [1.165, 1.54) is 24.8 Å². The van der Waals surface area contributed by atoms with Crippen LogP contribution in [0.3, 0.4) is 0 Å². The van der Waals surface area contributed by atoms with Gasteiger partial charge in [0, 0.05) is 18.4 Å². The SMILES string of the molecule is CCc1ccc(C(=O)CCC(=O)NNC(=O)C23CC4CC(CC(C4)C2)C3)cc1. The molecule has 0 saturated heterocycles. The van der Waals surface area contributed by atoms with E-state index in [4.69, 9.17) is 0 Å². The minimum atomic E-state index is -0.309. The van der Waals surface area contributed by atoms with Gasteiger partial charge in [0.05, 0.1) is 5.41 Å². The molecule has 150 valence electrons. The van der Waals surface area contributed by atoms with Crippen molar-refractivity contribution in [2.45, 2.75) is 64.7 Å². The summed E-state index contributed by atoms with van der Waals surface area (Å²) >= 11 is 0. The van der Waals surface area contributed by atoms with Crippen molar-refractivity contribution in [1.29, 1.82) is 0 Å². The average Bonchev–Trinajstić information content (AvgIpc) is 2.69. The number of aryl methyl sites for hydroxylation is 1. The first kappa shape index (κ1) is 19.2. The molecule has 28 heavy (non-hydrogen) atoms. The highest BCUT2D eigenvalue weighted by molar-refractivity contribution is 5.98. The predicted octanol–water partition coefficient (Wildman–Crippen LogP) is 3.58. The Kier molecular flexibility index (Phi) is 5.26. The van der Waals surface area contributed by atoms with Gasteiger partial charge in [-0.25, -0.2) is 0 Å². The van der Waals surface area contributed by atoms with Crippen LogP contribution in [0.15, 0.2) is 24.3 Å². The fraction of sp³-hybridized carbons (Fsp3) is 0.609. The van der Waals surface area contributed by atoms with Gasteiger partial charge >= 0.3 is 0 Å². The maximum absolute atomic E-state index is 12.8. The Hall–Kier alpha value is -2.17. The molecule has 0 aromatic heterocycles. The number of ketones is 1. The molecule has 5 rings (SSSR count). The van der Waals surface area contributed by atoms with E-state index in [0.717, 1.165) is 25.7 Å². The number of Topliss-reactive ketones (excluding diaryl/α,β-unsaturated/α-hetero) is 1. The first-order chi connectivity index (χ1) is 13.5. The summed E-state index contributed by atoms with van der Waals surface area (Å²) in [6.07, 6.45) is 7.88. The van der Waals surface area contributed by atoms with Crippen molar-refractivity contribution in [2.24, 2.45) is 23.2 Å². The summed E-state index contributed by atoms with van der Waals surface area (Å²) in [7, 11) is 0. The van der Waals surface area contributed by atoms with Crippen LogP contribution in [0, 0.1) is 23.2 Å². The Balaban J connectivity index is 1.24. The molecule has 4 aliphatic rings. The highest BCUT2D eigenvalue weighted by Crippen LogP contribution is 2.60. The molecule has 4 aliphatic carbocycles. The number of amides is 2. The van der Waals surface area contributed by atoms with Gasteiger partial charge in [0.1, 0.15) is 0 Å². The standard InChI is InChI=1S/C23H30N2O3/c1-2-15-3-5-19(6-4-15)20(26)7-8-21(27)24-25-22(28)23-12-16-9-17(13-23)11-18(10-16)14-23/h3-6,16-18H,2,7-14H2,1H3,(H,24,27)(H,25,28). The molecule has 0 heterocycles. The smallest absolute Gasteiger partial charge is 0.244 e. The van der Waals surface area contributed by atoms with Gasteiger partial charge < -0.3 is 0 Å². The van der Waals surface area contributed by atoms with Gasteiger partial charge in [-0.05, 0) is 68.3 Å². The summed E-state index contributed by atoms with van der Waals surface area (Å²) < 4.78 is 0. The van der Waals surface area contributed by atoms with Crippen LogP contribution in [0.25, 0.3) is 0 Å². The molecule has 2 N–H and O–H groups in total. The third-order valence-electron chi connectivity index (χ3n) is 7.10. The third kappa shape index (κ3) is 3.85. The lowest BCUT2D eigenvalue weighted by Crippen LogP contribution is -2.56. The van der Waals surface area contributed by atoms with Gasteiger partial charge in [-0.15, -0.1) is 0 Å². The minimum absolute atomic E-state index is 0.0265. The third-order valence-corrected chi connectivity index (χ3v) is 7.10.